The number of ether oxygens (including phenoxy) is 3. The van der Waals surface area contributed by atoms with Crippen molar-refractivity contribution in [2.75, 3.05) is 14.1 Å². The second-order valence-corrected chi connectivity index (χ2v) is 5.54. The minimum Gasteiger partial charge on any atom is -0.496 e. The van der Waals surface area contributed by atoms with Gasteiger partial charge >= 0.3 is 11.9 Å². The molecule has 1 heterocycles. The fourth-order valence-electron chi connectivity index (χ4n) is 2.67. The smallest absolute Gasteiger partial charge is 0.342 e. The van der Waals surface area contributed by atoms with Gasteiger partial charge in [-0.15, -0.1) is 0 Å². The zero-order chi connectivity index (χ0) is 22.9. The average molecular weight is 340 g/mol. The van der Waals surface area contributed by atoms with E-state index in [1.54, 1.807) is 19.9 Å². The van der Waals surface area contributed by atoms with Gasteiger partial charge in [0.25, 0.3) is 0 Å². The van der Waals surface area contributed by atoms with Gasteiger partial charge in [-0.25, -0.2) is 4.79 Å². The molecular formula is C18H22O6. The predicted octanol–water partition coefficient (Wildman–Crippen LogP) is 3.04. The first-order valence-electron chi connectivity index (χ1n) is 10.3. The van der Waals surface area contributed by atoms with Gasteiger partial charge in [-0.3, -0.25) is 4.79 Å². The zero-order valence-electron chi connectivity index (χ0n) is 19.4. The average Bonchev–Trinajstić information content (AvgIpc) is 2.96. The van der Waals surface area contributed by atoms with Crippen LogP contribution in [0.5, 0.6) is 11.5 Å². The molecule has 6 heteroatoms. The van der Waals surface area contributed by atoms with Crippen molar-refractivity contribution in [1.82, 2.24) is 0 Å². The largest absolute Gasteiger partial charge is 0.496 e. The number of allylic oxidation sites excluding steroid dienone is 2. The molecular weight excluding hydrogens is 312 g/mol. The van der Waals surface area contributed by atoms with Crippen molar-refractivity contribution in [3.63, 3.8) is 0 Å². The van der Waals surface area contributed by atoms with Crippen LogP contribution in [0, 0.1) is 6.92 Å². The number of carbonyl (C=O) groups is 2. The van der Waals surface area contributed by atoms with E-state index in [4.69, 9.17) is 27.5 Å². The first-order chi connectivity index (χ1) is 13.7. The van der Waals surface area contributed by atoms with E-state index in [-0.39, 0.29) is 48.5 Å². The number of cyclic esters (lactones) is 1. The third kappa shape index (κ3) is 3.37. The molecule has 0 bridgehead atoms. The molecule has 0 unspecified atom stereocenters. The van der Waals surface area contributed by atoms with Crippen LogP contribution in [0.2, 0.25) is 0 Å². The SMILES string of the molecule is [2H]C([2H])([2H])Oc1c(C)c2c(c(OC([2H])([2H])[2H])c1C/C=C(\C)CCC(=O)O)C(=O)OC2. The molecule has 1 N–H and O–H groups in total. The van der Waals surface area contributed by atoms with Gasteiger partial charge in [0, 0.05) is 17.5 Å². The van der Waals surface area contributed by atoms with E-state index < -0.39 is 26.0 Å². The van der Waals surface area contributed by atoms with Crippen LogP contribution in [0.1, 0.15) is 55.0 Å². The number of hydrogen-bond acceptors (Lipinski definition) is 5. The summed E-state index contributed by atoms with van der Waals surface area (Å²) in [4.78, 5) is 23.0. The number of aliphatic carboxylic acids is 1. The Morgan fingerprint density at radius 1 is 1.33 bits per heavy atom. The summed E-state index contributed by atoms with van der Waals surface area (Å²) in [6, 6.07) is 0. The lowest BCUT2D eigenvalue weighted by atomic mass is 9.94. The third-order valence-electron chi connectivity index (χ3n) is 4.01. The molecule has 0 atom stereocenters. The number of methoxy groups -OCH3 is 2. The Morgan fingerprint density at radius 2 is 2.04 bits per heavy atom. The molecule has 1 aromatic rings. The molecule has 0 fully saturated rings. The number of carboxylic acid groups (broad SMARTS) is 1. The van der Waals surface area contributed by atoms with Gasteiger partial charge in [0.15, 0.2) is 0 Å². The van der Waals surface area contributed by atoms with Crippen LogP contribution in [0.3, 0.4) is 0 Å². The summed E-state index contributed by atoms with van der Waals surface area (Å²) in [5.41, 5.74) is 1.29. The van der Waals surface area contributed by atoms with Crippen LogP contribution in [0.4, 0.5) is 0 Å². The summed E-state index contributed by atoms with van der Waals surface area (Å²) < 4.78 is 60.0. The molecule has 6 nitrogen and oxygen atoms in total. The molecule has 130 valence electrons. The lowest BCUT2D eigenvalue weighted by molar-refractivity contribution is -0.136. The van der Waals surface area contributed by atoms with E-state index >= 15 is 0 Å². The Hall–Kier alpha value is -2.50. The topological polar surface area (TPSA) is 82.1 Å². The van der Waals surface area contributed by atoms with Crippen molar-refractivity contribution in [2.45, 2.75) is 39.7 Å². The maximum absolute atomic E-state index is 12.3. The summed E-state index contributed by atoms with van der Waals surface area (Å²) in [6.45, 7) is 3.07. The minimum absolute atomic E-state index is 0.0380. The highest BCUT2D eigenvalue weighted by atomic mass is 16.5. The first-order valence-corrected chi connectivity index (χ1v) is 7.30. The molecule has 0 saturated heterocycles. The second kappa shape index (κ2) is 7.38. The van der Waals surface area contributed by atoms with Gasteiger partial charge in [0.05, 0.1) is 22.3 Å². The van der Waals surface area contributed by atoms with Crippen LogP contribution in [0.15, 0.2) is 11.6 Å². The van der Waals surface area contributed by atoms with Crippen LogP contribution < -0.4 is 9.47 Å². The summed E-state index contributed by atoms with van der Waals surface area (Å²) >= 11 is 0. The van der Waals surface area contributed by atoms with Gasteiger partial charge in [-0.1, -0.05) is 11.6 Å². The number of benzene rings is 1. The van der Waals surface area contributed by atoms with E-state index in [2.05, 4.69) is 0 Å². The van der Waals surface area contributed by atoms with E-state index in [9.17, 15) is 9.59 Å². The maximum Gasteiger partial charge on any atom is 0.342 e. The van der Waals surface area contributed by atoms with Crippen molar-refractivity contribution in [1.29, 1.82) is 0 Å². The molecule has 0 spiro atoms. The van der Waals surface area contributed by atoms with Gasteiger partial charge in [-0.2, -0.15) is 0 Å². The van der Waals surface area contributed by atoms with Crippen LogP contribution in [-0.4, -0.2) is 31.1 Å². The normalized spacial score (nSPS) is 18.2. The molecule has 0 aromatic heterocycles. The fourth-order valence-corrected chi connectivity index (χ4v) is 2.67. The number of hydrogen-bond donors (Lipinski definition) is 1. The molecule has 0 saturated carbocycles. The fraction of sp³-hybridized carbons (Fsp3) is 0.444. The lowest BCUT2D eigenvalue weighted by Crippen LogP contribution is -2.06. The third-order valence-corrected chi connectivity index (χ3v) is 4.01. The number of fused-ring (bicyclic) bond motifs is 1. The molecule has 24 heavy (non-hydrogen) atoms. The molecule has 1 aliphatic rings. The van der Waals surface area contributed by atoms with Gasteiger partial charge in [0.1, 0.15) is 23.7 Å². The Bertz CT molecular complexity index is 885. The second-order valence-electron chi connectivity index (χ2n) is 5.54. The van der Waals surface area contributed by atoms with E-state index in [0.717, 1.165) is 0 Å². The maximum atomic E-state index is 12.3. The van der Waals surface area contributed by atoms with Gasteiger partial charge in [-0.05, 0) is 32.3 Å². The quantitative estimate of drug-likeness (QED) is 0.607. The zero-order valence-corrected chi connectivity index (χ0v) is 13.4. The van der Waals surface area contributed by atoms with Crippen LogP contribution in [-0.2, 0) is 22.6 Å². The molecule has 1 aliphatic heterocycles. The highest BCUT2D eigenvalue weighted by Crippen LogP contribution is 2.42. The van der Waals surface area contributed by atoms with Gasteiger partial charge in [0.2, 0.25) is 0 Å². The van der Waals surface area contributed by atoms with Gasteiger partial charge < -0.3 is 19.3 Å². The molecule has 1 aromatic carbocycles. The van der Waals surface area contributed by atoms with Crippen molar-refractivity contribution < 1.29 is 37.1 Å². The number of carboxylic acids is 1. The lowest BCUT2D eigenvalue weighted by Gasteiger charge is -2.18. The summed E-state index contributed by atoms with van der Waals surface area (Å²) in [5.74, 6) is -2.19. The predicted molar refractivity (Wildman–Crippen MR) is 87.7 cm³/mol. The number of rotatable bonds is 7. The summed E-state index contributed by atoms with van der Waals surface area (Å²) in [7, 11) is -5.75. The standard InChI is InChI=1S/C18H22O6/c1-10(6-8-14(19)20)5-7-12-16(22-3)11(2)13-9-24-18(21)15(13)17(12)23-4/h5H,6-9H2,1-4H3,(H,19,20)/b10-5+/i3D3,4D3. The van der Waals surface area contributed by atoms with E-state index in [1.165, 1.54) is 0 Å². The highest BCUT2D eigenvalue weighted by molar-refractivity contribution is 5.98. The van der Waals surface area contributed by atoms with E-state index in [0.29, 0.717) is 16.7 Å². The highest BCUT2D eigenvalue weighted by Gasteiger charge is 2.32. The van der Waals surface area contributed by atoms with Crippen LogP contribution in [0.25, 0.3) is 0 Å². The van der Waals surface area contributed by atoms with Crippen LogP contribution >= 0.6 is 0 Å². The van der Waals surface area contributed by atoms with Crippen molar-refractivity contribution in [3.8, 4) is 11.5 Å². The molecule has 0 radical (unpaired) electrons. The molecule has 0 amide bonds. The van der Waals surface area contributed by atoms with Crippen molar-refractivity contribution >= 4 is 11.9 Å². The number of esters is 1. The monoisotopic (exact) mass is 340 g/mol. The Labute approximate surface area is 149 Å². The molecule has 0 aliphatic carbocycles. The van der Waals surface area contributed by atoms with E-state index in [1.807, 2.05) is 0 Å². The Morgan fingerprint density at radius 3 is 2.71 bits per heavy atom. The Kier molecular flexibility index (Phi) is 3.42. The number of carbonyl (C=O) groups excluding carboxylic acids is 1. The summed E-state index contributed by atoms with van der Waals surface area (Å²) in [6.07, 6.45) is 1.72. The first kappa shape index (κ1) is 11.1. The minimum atomic E-state index is -2.92. The summed E-state index contributed by atoms with van der Waals surface area (Å²) in [5, 5.41) is 8.82. The van der Waals surface area contributed by atoms with Crippen molar-refractivity contribution in [2.24, 2.45) is 0 Å². The Balaban J connectivity index is 2.66. The van der Waals surface area contributed by atoms with Crippen molar-refractivity contribution in [3.05, 3.63) is 33.9 Å². The molecule has 2 rings (SSSR count).